The Morgan fingerprint density at radius 3 is 2.62 bits per heavy atom. The molecule has 0 aliphatic heterocycles. The molecule has 2 amide bonds. The van der Waals surface area contributed by atoms with Gasteiger partial charge in [-0.15, -0.1) is 0 Å². The van der Waals surface area contributed by atoms with E-state index in [-0.39, 0.29) is 24.4 Å². The molecule has 92 valence electrons. The van der Waals surface area contributed by atoms with E-state index in [4.69, 9.17) is 5.73 Å². The number of amides is 2. The first-order chi connectivity index (χ1) is 7.52. The van der Waals surface area contributed by atoms with Crippen molar-refractivity contribution in [2.45, 2.75) is 44.7 Å². The summed E-state index contributed by atoms with van der Waals surface area (Å²) >= 11 is 0. The van der Waals surface area contributed by atoms with Crippen LogP contribution in [0.25, 0.3) is 0 Å². The van der Waals surface area contributed by atoms with Crippen LogP contribution in [0.15, 0.2) is 0 Å². The van der Waals surface area contributed by atoms with Crippen molar-refractivity contribution in [3.05, 3.63) is 0 Å². The maximum Gasteiger partial charge on any atom is 0.239 e. The van der Waals surface area contributed by atoms with Crippen LogP contribution in [0.5, 0.6) is 0 Å². The molecule has 1 atom stereocenters. The molecule has 3 N–H and O–H groups in total. The highest BCUT2D eigenvalue weighted by Gasteiger charge is 2.24. The van der Waals surface area contributed by atoms with E-state index in [0.717, 1.165) is 19.3 Å². The minimum atomic E-state index is -0.110. The first-order valence-corrected chi connectivity index (χ1v) is 5.81. The van der Waals surface area contributed by atoms with Crippen molar-refractivity contribution < 1.29 is 9.59 Å². The zero-order valence-electron chi connectivity index (χ0n) is 10.0. The Bertz CT molecular complexity index is 264. The third-order valence-electron chi connectivity index (χ3n) is 2.71. The minimum absolute atomic E-state index is 0.0692. The van der Waals surface area contributed by atoms with E-state index in [2.05, 4.69) is 5.32 Å². The number of rotatable bonds is 6. The Morgan fingerprint density at radius 2 is 2.12 bits per heavy atom. The lowest BCUT2D eigenvalue weighted by molar-refractivity contribution is -0.135. The minimum Gasteiger partial charge on any atom is -0.352 e. The second-order valence-corrected chi connectivity index (χ2v) is 4.46. The number of hydrogen-bond acceptors (Lipinski definition) is 3. The molecule has 0 spiro atoms. The van der Waals surface area contributed by atoms with Crippen molar-refractivity contribution in [2.24, 2.45) is 5.73 Å². The van der Waals surface area contributed by atoms with Gasteiger partial charge >= 0.3 is 0 Å². The van der Waals surface area contributed by atoms with Crippen LogP contribution in [0.4, 0.5) is 0 Å². The molecular formula is C11H21N3O2. The molecule has 0 aromatic rings. The number of hydrogen-bond donors (Lipinski definition) is 2. The Kier molecular flexibility index (Phi) is 4.73. The third kappa shape index (κ3) is 4.61. The van der Waals surface area contributed by atoms with E-state index in [1.807, 2.05) is 6.92 Å². The van der Waals surface area contributed by atoms with E-state index in [9.17, 15) is 9.59 Å². The number of nitrogens with zero attached hydrogens (tertiary/aromatic N) is 1. The van der Waals surface area contributed by atoms with E-state index in [1.54, 1.807) is 7.05 Å². The Balaban J connectivity index is 2.23. The lowest BCUT2D eigenvalue weighted by Gasteiger charge is -2.18. The van der Waals surface area contributed by atoms with Gasteiger partial charge in [0.15, 0.2) is 0 Å². The second kappa shape index (κ2) is 5.84. The average molecular weight is 227 g/mol. The van der Waals surface area contributed by atoms with Crippen LogP contribution in [-0.2, 0) is 9.59 Å². The first-order valence-electron chi connectivity index (χ1n) is 5.81. The molecule has 0 bridgehead atoms. The molecule has 5 nitrogen and oxygen atoms in total. The summed E-state index contributed by atoms with van der Waals surface area (Å²) in [6.07, 6.45) is 3.20. The largest absolute Gasteiger partial charge is 0.352 e. The van der Waals surface area contributed by atoms with Crippen molar-refractivity contribution in [3.8, 4) is 0 Å². The van der Waals surface area contributed by atoms with Gasteiger partial charge in [0.1, 0.15) is 0 Å². The van der Waals surface area contributed by atoms with Gasteiger partial charge in [-0.1, -0.05) is 6.92 Å². The molecule has 1 aliphatic rings. The molecule has 5 heteroatoms. The van der Waals surface area contributed by atoms with Crippen LogP contribution in [0.3, 0.4) is 0 Å². The maximum atomic E-state index is 11.6. The molecule has 0 aromatic carbocycles. The van der Waals surface area contributed by atoms with E-state index in [1.165, 1.54) is 4.90 Å². The number of carbonyl (C=O) groups is 2. The van der Waals surface area contributed by atoms with Crippen LogP contribution in [0, 0.1) is 0 Å². The lowest BCUT2D eigenvalue weighted by atomic mass is 10.1. The van der Waals surface area contributed by atoms with Crippen LogP contribution in [-0.4, -0.2) is 42.4 Å². The Hall–Kier alpha value is -1.10. The molecule has 0 heterocycles. The fraction of sp³-hybridized carbons (Fsp3) is 0.818. The highest BCUT2D eigenvalue weighted by atomic mass is 16.2. The lowest BCUT2D eigenvalue weighted by Crippen LogP contribution is -2.40. The van der Waals surface area contributed by atoms with Crippen LogP contribution in [0.2, 0.25) is 0 Å². The van der Waals surface area contributed by atoms with Gasteiger partial charge in [0.05, 0.1) is 6.54 Å². The summed E-state index contributed by atoms with van der Waals surface area (Å²) in [5.74, 6) is -0.149. The molecule has 1 saturated carbocycles. The third-order valence-corrected chi connectivity index (χ3v) is 2.71. The molecule has 0 saturated heterocycles. The van der Waals surface area contributed by atoms with Crippen molar-refractivity contribution in [3.63, 3.8) is 0 Å². The topological polar surface area (TPSA) is 75.4 Å². The molecule has 1 rings (SSSR count). The van der Waals surface area contributed by atoms with Gasteiger partial charge < -0.3 is 16.0 Å². The fourth-order valence-corrected chi connectivity index (χ4v) is 1.33. The monoisotopic (exact) mass is 227 g/mol. The molecular weight excluding hydrogens is 206 g/mol. The van der Waals surface area contributed by atoms with Crippen molar-refractivity contribution in [1.82, 2.24) is 10.2 Å². The standard InChI is InChI=1S/C11H21N3O2/c1-3-8(12)6-11(16)14(2)7-10(15)13-9-4-5-9/h8-9H,3-7,12H2,1-2H3,(H,13,15). The number of carbonyl (C=O) groups excluding carboxylic acids is 2. The molecule has 1 aliphatic carbocycles. The van der Waals surface area contributed by atoms with Crippen molar-refractivity contribution in [1.29, 1.82) is 0 Å². The summed E-state index contributed by atoms with van der Waals surface area (Å²) in [7, 11) is 1.64. The van der Waals surface area contributed by atoms with Crippen LogP contribution < -0.4 is 11.1 Å². The zero-order chi connectivity index (χ0) is 12.1. The van der Waals surface area contributed by atoms with Crippen LogP contribution in [0.1, 0.15) is 32.6 Å². The summed E-state index contributed by atoms with van der Waals surface area (Å²) in [5.41, 5.74) is 5.69. The van der Waals surface area contributed by atoms with Gasteiger partial charge in [0, 0.05) is 25.6 Å². The van der Waals surface area contributed by atoms with Gasteiger partial charge in [-0.05, 0) is 19.3 Å². The quantitative estimate of drug-likeness (QED) is 0.662. The zero-order valence-corrected chi connectivity index (χ0v) is 10.0. The van der Waals surface area contributed by atoms with Gasteiger partial charge in [-0.2, -0.15) is 0 Å². The van der Waals surface area contributed by atoms with Gasteiger partial charge in [-0.3, -0.25) is 9.59 Å². The van der Waals surface area contributed by atoms with Gasteiger partial charge in [0.2, 0.25) is 11.8 Å². The molecule has 16 heavy (non-hydrogen) atoms. The summed E-state index contributed by atoms with van der Waals surface area (Å²) in [6.45, 7) is 2.07. The molecule has 0 radical (unpaired) electrons. The van der Waals surface area contributed by atoms with Gasteiger partial charge in [0.25, 0.3) is 0 Å². The average Bonchev–Trinajstić information content (AvgIpc) is 3.00. The Morgan fingerprint density at radius 1 is 1.50 bits per heavy atom. The van der Waals surface area contributed by atoms with E-state index >= 15 is 0 Å². The second-order valence-electron chi connectivity index (χ2n) is 4.46. The maximum absolute atomic E-state index is 11.6. The predicted molar refractivity (Wildman–Crippen MR) is 61.7 cm³/mol. The van der Waals surface area contributed by atoms with Gasteiger partial charge in [-0.25, -0.2) is 0 Å². The smallest absolute Gasteiger partial charge is 0.239 e. The SMILES string of the molecule is CCC(N)CC(=O)N(C)CC(=O)NC1CC1. The molecule has 0 aromatic heterocycles. The van der Waals surface area contributed by atoms with E-state index < -0.39 is 0 Å². The predicted octanol–water partition coefficient (Wildman–Crippen LogP) is -0.149. The van der Waals surface area contributed by atoms with Crippen LogP contribution >= 0.6 is 0 Å². The van der Waals surface area contributed by atoms with Crippen molar-refractivity contribution in [2.75, 3.05) is 13.6 Å². The number of likely N-dealkylation sites (N-methyl/N-ethyl adjacent to an activating group) is 1. The number of nitrogens with one attached hydrogen (secondary N) is 1. The molecule has 1 fully saturated rings. The highest BCUT2D eigenvalue weighted by Crippen LogP contribution is 2.18. The highest BCUT2D eigenvalue weighted by molar-refractivity contribution is 5.85. The number of nitrogens with two attached hydrogens (primary N) is 1. The fourth-order valence-electron chi connectivity index (χ4n) is 1.33. The van der Waals surface area contributed by atoms with Crippen molar-refractivity contribution >= 4 is 11.8 Å². The summed E-state index contributed by atoms with van der Waals surface area (Å²) < 4.78 is 0. The van der Waals surface area contributed by atoms with E-state index in [0.29, 0.717) is 12.5 Å². The first kappa shape index (κ1) is 13.0. The molecule has 1 unspecified atom stereocenters. The summed E-state index contributed by atoms with van der Waals surface area (Å²) in [6, 6.07) is 0.232. The summed E-state index contributed by atoms with van der Waals surface area (Å²) in [4.78, 5) is 24.5. The summed E-state index contributed by atoms with van der Waals surface area (Å²) in [5, 5.41) is 2.84. The normalized spacial score (nSPS) is 16.7. The Labute approximate surface area is 96.4 Å².